The molecule has 0 radical (unpaired) electrons. The van der Waals surface area contributed by atoms with E-state index in [-0.39, 0.29) is 17.7 Å². The van der Waals surface area contributed by atoms with E-state index >= 15 is 0 Å². The van der Waals surface area contributed by atoms with Gasteiger partial charge in [-0.25, -0.2) is 13.1 Å². The van der Waals surface area contributed by atoms with Crippen LogP contribution in [0.25, 0.3) is 0 Å². The molecule has 0 saturated carbocycles. The fourth-order valence-electron chi connectivity index (χ4n) is 2.83. The number of nitrogens with one attached hydrogen (secondary N) is 1. The molecule has 1 atom stereocenters. The molecule has 1 aliphatic heterocycles. The molecule has 3 rings (SSSR count). The Morgan fingerprint density at radius 3 is 2.60 bits per heavy atom. The third-order valence-corrected chi connectivity index (χ3v) is 6.31. The highest BCUT2D eigenvalue weighted by Crippen LogP contribution is 2.24. The van der Waals surface area contributed by atoms with Crippen LogP contribution >= 0.6 is 0 Å². The summed E-state index contributed by atoms with van der Waals surface area (Å²) in [5.41, 5.74) is 1.07. The molecule has 1 aromatic carbocycles. The van der Waals surface area contributed by atoms with Crippen molar-refractivity contribution in [1.29, 1.82) is 0 Å². The molecule has 2 aromatic rings. The maximum atomic E-state index is 12.5. The lowest BCUT2D eigenvalue weighted by atomic mass is 10.2. The van der Waals surface area contributed by atoms with Crippen molar-refractivity contribution in [2.45, 2.75) is 32.7 Å². The van der Waals surface area contributed by atoms with Gasteiger partial charge >= 0.3 is 0 Å². The first kappa shape index (κ1) is 17.5. The molecule has 1 aliphatic rings. The molecular formula is C17H22N4O3S. The predicted octanol–water partition coefficient (Wildman–Crippen LogP) is 2.65. The largest absolute Gasteiger partial charge is 0.307 e. The minimum Gasteiger partial charge on any atom is -0.307 e. The van der Waals surface area contributed by atoms with Gasteiger partial charge in [-0.05, 0) is 44.0 Å². The summed E-state index contributed by atoms with van der Waals surface area (Å²) >= 11 is 0. The molecule has 0 aliphatic carbocycles. The van der Waals surface area contributed by atoms with Gasteiger partial charge in [-0.3, -0.25) is 9.10 Å². The number of sulfonamides is 1. The Balaban J connectivity index is 1.75. The van der Waals surface area contributed by atoms with Crippen molar-refractivity contribution >= 4 is 27.4 Å². The van der Waals surface area contributed by atoms with Gasteiger partial charge < -0.3 is 5.32 Å². The zero-order chi connectivity index (χ0) is 18.0. The summed E-state index contributed by atoms with van der Waals surface area (Å²) < 4.78 is 27.1. The van der Waals surface area contributed by atoms with Gasteiger partial charge in [-0.1, -0.05) is 6.92 Å². The number of carbonyl (C=O) groups is 1. The summed E-state index contributed by atoms with van der Waals surface area (Å²) in [6.45, 7) is 4.58. The summed E-state index contributed by atoms with van der Waals surface area (Å²) in [6.07, 6.45) is 3.19. The maximum absolute atomic E-state index is 12.5. The smallest absolute Gasteiger partial charge is 0.256 e. The highest BCUT2D eigenvalue weighted by atomic mass is 32.2. The van der Waals surface area contributed by atoms with Crippen LogP contribution < -0.4 is 9.62 Å². The lowest BCUT2D eigenvalue weighted by Gasteiger charge is -2.17. The van der Waals surface area contributed by atoms with E-state index in [0.717, 1.165) is 6.42 Å². The molecule has 7 nitrogen and oxygen atoms in total. The van der Waals surface area contributed by atoms with Crippen LogP contribution in [0, 0.1) is 0 Å². The molecule has 1 unspecified atom stereocenters. The third kappa shape index (κ3) is 3.53. The molecule has 1 N–H and O–H groups in total. The molecule has 25 heavy (non-hydrogen) atoms. The fraction of sp³-hybridized carbons (Fsp3) is 0.412. The molecule has 1 amide bonds. The Kier molecular flexibility index (Phi) is 4.80. The molecule has 0 bridgehead atoms. The Hall–Kier alpha value is -2.35. The number of rotatable bonds is 5. The molecule has 1 fully saturated rings. The maximum Gasteiger partial charge on any atom is 0.256 e. The molecule has 8 heteroatoms. The van der Waals surface area contributed by atoms with E-state index in [2.05, 4.69) is 17.3 Å². The van der Waals surface area contributed by atoms with Crippen molar-refractivity contribution in [2.24, 2.45) is 0 Å². The summed E-state index contributed by atoms with van der Waals surface area (Å²) in [5.74, 6) is 0.570. The van der Waals surface area contributed by atoms with Gasteiger partial charge in [-0.2, -0.15) is 5.10 Å². The van der Waals surface area contributed by atoms with Crippen LogP contribution in [0.4, 0.5) is 11.5 Å². The van der Waals surface area contributed by atoms with Crippen molar-refractivity contribution in [2.75, 3.05) is 21.9 Å². The van der Waals surface area contributed by atoms with Crippen LogP contribution in [-0.4, -0.2) is 36.4 Å². The highest BCUT2D eigenvalue weighted by molar-refractivity contribution is 7.93. The Labute approximate surface area is 147 Å². The molecule has 2 heterocycles. The minimum atomic E-state index is -3.21. The molecule has 1 aromatic heterocycles. The van der Waals surface area contributed by atoms with Gasteiger partial charge in [0.1, 0.15) is 5.82 Å². The number of nitrogens with zero attached hydrogens (tertiary/aromatic N) is 3. The number of hydrogen-bond acceptors (Lipinski definition) is 4. The average molecular weight is 362 g/mol. The number of anilines is 2. The van der Waals surface area contributed by atoms with Gasteiger partial charge in [0.05, 0.1) is 23.7 Å². The predicted molar refractivity (Wildman–Crippen MR) is 97.4 cm³/mol. The summed E-state index contributed by atoms with van der Waals surface area (Å²) in [4.78, 5) is 12.5. The van der Waals surface area contributed by atoms with Gasteiger partial charge in [-0.15, -0.1) is 0 Å². The van der Waals surface area contributed by atoms with E-state index in [9.17, 15) is 13.2 Å². The Morgan fingerprint density at radius 2 is 2.00 bits per heavy atom. The van der Waals surface area contributed by atoms with E-state index in [4.69, 9.17) is 0 Å². The van der Waals surface area contributed by atoms with Gasteiger partial charge in [0.25, 0.3) is 5.91 Å². The second-order valence-corrected chi connectivity index (χ2v) is 8.17. The second-order valence-electron chi connectivity index (χ2n) is 6.16. The van der Waals surface area contributed by atoms with E-state index in [0.29, 0.717) is 30.0 Å². The van der Waals surface area contributed by atoms with E-state index in [1.165, 1.54) is 4.31 Å². The molecule has 134 valence electrons. The van der Waals surface area contributed by atoms with Gasteiger partial charge in [0.15, 0.2) is 0 Å². The third-order valence-electron chi connectivity index (χ3n) is 4.44. The van der Waals surface area contributed by atoms with Crippen molar-refractivity contribution in [3.8, 4) is 0 Å². The molecule has 0 spiro atoms. The van der Waals surface area contributed by atoms with Crippen LogP contribution in [0.1, 0.15) is 43.1 Å². The number of benzene rings is 1. The van der Waals surface area contributed by atoms with E-state index in [1.54, 1.807) is 41.2 Å². The first-order valence-corrected chi connectivity index (χ1v) is 9.98. The van der Waals surface area contributed by atoms with Crippen molar-refractivity contribution in [3.63, 3.8) is 0 Å². The fourth-order valence-corrected chi connectivity index (χ4v) is 4.40. The number of aromatic nitrogens is 2. The number of hydrogen-bond donors (Lipinski definition) is 1. The number of amides is 1. The minimum absolute atomic E-state index is 0.175. The highest BCUT2D eigenvalue weighted by Gasteiger charge is 2.28. The molecule has 1 saturated heterocycles. The van der Waals surface area contributed by atoms with Crippen LogP contribution in [0.3, 0.4) is 0 Å². The van der Waals surface area contributed by atoms with E-state index < -0.39 is 10.0 Å². The average Bonchev–Trinajstić information content (AvgIpc) is 3.20. The van der Waals surface area contributed by atoms with Crippen LogP contribution in [0.15, 0.2) is 36.5 Å². The van der Waals surface area contributed by atoms with Crippen molar-refractivity contribution < 1.29 is 13.2 Å². The monoisotopic (exact) mass is 362 g/mol. The van der Waals surface area contributed by atoms with Crippen LogP contribution in [0.2, 0.25) is 0 Å². The van der Waals surface area contributed by atoms with Crippen molar-refractivity contribution in [1.82, 2.24) is 9.78 Å². The van der Waals surface area contributed by atoms with Gasteiger partial charge in [0, 0.05) is 18.2 Å². The second kappa shape index (κ2) is 6.87. The molecular weight excluding hydrogens is 340 g/mol. The van der Waals surface area contributed by atoms with Crippen LogP contribution in [-0.2, 0) is 10.0 Å². The lowest BCUT2D eigenvalue weighted by Crippen LogP contribution is -2.25. The van der Waals surface area contributed by atoms with E-state index in [1.807, 2.05) is 6.92 Å². The normalized spacial score (nSPS) is 17.4. The van der Waals surface area contributed by atoms with Gasteiger partial charge in [0.2, 0.25) is 10.0 Å². The summed E-state index contributed by atoms with van der Waals surface area (Å²) in [5, 5.41) is 7.10. The quantitative estimate of drug-likeness (QED) is 0.886. The first-order valence-electron chi connectivity index (χ1n) is 8.37. The Morgan fingerprint density at radius 1 is 1.28 bits per heavy atom. The zero-order valence-electron chi connectivity index (χ0n) is 14.3. The number of carbonyl (C=O) groups excluding carboxylic acids is 1. The van der Waals surface area contributed by atoms with Crippen molar-refractivity contribution in [3.05, 3.63) is 42.1 Å². The topological polar surface area (TPSA) is 84.3 Å². The summed E-state index contributed by atoms with van der Waals surface area (Å²) in [7, 11) is -3.21. The Bertz CT molecular complexity index is 858. The summed E-state index contributed by atoms with van der Waals surface area (Å²) in [6, 6.07) is 8.57. The standard InChI is InChI=1S/C17H22N4O3S/c1-3-13(2)21-16(9-10-18-21)19-17(22)14-5-7-15(8-6-14)20-11-4-12-25(20,23)24/h5-10,13H,3-4,11-12H2,1-2H3,(H,19,22). The SMILES string of the molecule is CCC(C)n1nccc1NC(=O)c1ccc(N2CCCS2(=O)=O)cc1. The first-order chi connectivity index (χ1) is 11.9. The zero-order valence-corrected chi connectivity index (χ0v) is 15.2. The van der Waals surface area contributed by atoms with Crippen LogP contribution in [0.5, 0.6) is 0 Å². The lowest BCUT2D eigenvalue weighted by molar-refractivity contribution is 0.102.